The van der Waals surface area contributed by atoms with Gasteiger partial charge in [0, 0.05) is 6.42 Å². The predicted molar refractivity (Wildman–Crippen MR) is 67.5 cm³/mol. The molecule has 0 heterocycles. The monoisotopic (exact) mass is 250 g/mol. The average molecular weight is 250 g/mol. The molecule has 0 amide bonds. The predicted octanol–water partition coefficient (Wildman–Crippen LogP) is 1.07. The number of aliphatic hydroxyl groups excluding tert-OH is 1. The average Bonchev–Trinajstić information content (AvgIpc) is 2.43. The van der Waals surface area contributed by atoms with Crippen molar-refractivity contribution >= 4 is 0 Å². The van der Waals surface area contributed by atoms with Crippen molar-refractivity contribution in [2.75, 3.05) is 20.8 Å². The molecule has 0 bridgehead atoms. The lowest BCUT2D eigenvalue weighted by molar-refractivity contribution is 0.273. The molecule has 5 nitrogen and oxygen atoms in total. The lowest BCUT2D eigenvalue weighted by atomic mass is 10.2. The van der Waals surface area contributed by atoms with E-state index in [2.05, 4.69) is 11.4 Å². The Bertz CT molecular complexity index is 415. The Hall–Kier alpha value is -1.77. The Morgan fingerprint density at radius 1 is 1.44 bits per heavy atom. The second-order valence-corrected chi connectivity index (χ2v) is 3.75. The van der Waals surface area contributed by atoms with E-state index >= 15 is 0 Å². The van der Waals surface area contributed by atoms with Crippen molar-refractivity contribution < 1.29 is 14.6 Å². The fourth-order valence-corrected chi connectivity index (χ4v) is 1.49. The highest BCUT2D eigenvalue weighted by molar-refractivity contribution is 5.42. The summed E-state index contributed by atoms with van der Waals surface area (Å²) in [6.07, 6.45) is 0.595. The van der Waals surface area contributed by atoms with Gasteiger partial charge in [-0.2, -0.15) is 5.26 Å². The largest absolute Gasteiger partial charge is 0.493 e. The van der Waals surface area contributed by atoms with Crippen LogP contribution in [-0.2, 0) is 6.61 Å². The Morgan fingerprint density at radius 2 is 2.22 bits per heavy atom. The number of nitriles is 1. The van der Waals surface area contributed by atoms with E-state index in [-0.39, 0.29) is 12.6 Å². The number of benzene rings is 1. The maximum absolute atomic E-state index is 9.02. The second kappa shape index (κ2) is 7.54. The van der Waals surface area contributed by atoms with Gasteiger partial charge in [0.15, 0.2) is 11.5 Å². The van der Waals surface area contributed by atoms with Crippen LogP contribution in [0.5, 0.6) is 11.5 Å². The van der Waals surface area contributed by atoms with E-state index < -0.39 is 0 Å². The van der Waals surface area contributed by atoms with Gasteiger partial charge in [0.1, 0.15) is 0 Å². The topological polar surface area (TPSA) is 74.5 Å². The summed E-state index contributed by atoms with van der Waals surface area (Å²) in [7, 11) is 3.29. The molecule has 0 radical (unpaired) electrons. The first kappa shape index (κ1) is 14.3. The summed E-state index contributed by atoms with van der Waals surface area (Å²) >= 11 is 0. The third kappa shape index (κ3) is 3.91. The number of aliphatic hydroxyl groups is 1. The van der Waals surface area contributed by atoms with E-state index in [1.54, 1.807) is 32.4 Å². The lowest BCUT2D eigenvalue weighted by Gasteiger charge is -2.13. The van der Waals surface area contributed by atoms with Crippen LogP contribution in [0, 0.1) is 11.3 Å². The van der Waals surface area contributed by atoms with Crippen molar-refractivity contribution in [3.63, 3.8) is 0 Å². The smallest absolute Gasteiger partial charge is 0.161 e. The summed E-state index contributed by atoms with van der Waals surface area (Å²) in [5.74, 6) is 1.20. The van der Waals surface area contributed by atoms with Crippen molar-refractivity contribution in [3.8, 4) is 17.6 Å². The molecular weight excluding hydrogens is 232 g/mol. The maximum Gasteiger partial charge on any atom is 0.161 e. The molecule has 0 saturated heterocycles. The van der Waals surface area contributed by atoms with Crippen LogP contribution in [0.3, 0.4) is 0 Å². The van der Waals surface area contributed by atoms with E-state index in [0.29, 0.717) is 24.5 Å². The molecule has 1 atom stereocenters. The van der Waals surface area contributed by atoms with Crippen LogP contribution in [0.4, 0.5) is 0 Å². The molecule has 98 valence electrons. The number of nitrogens with zero attached hydrogens (tertiary/aromatic N) is 1. The first-order valence-electron chi connectivity index (χ1n) is 5.72. The summed E-state index contributed by atoms with van der Waals surface area (Å²) in [5.41, 5.74) is 0.768. The Morgan fingerprint density at radius 3 is 2.78 bits per heavy atom. The first-order valence-corrected chi connectivity index (χ1v) is 5.72. The molecule has 0 fully saturated rings. The highest BCUT2D eigenvalue weighted by Gasteiger charge is 2.08. The Kier molecular flexibility index (Phi) is 5.98. The van der Waals surface area contributed by atoms with E-state index in [1.165, 1.54) is 0 Å². The highest BCUT2D eigenvalue weighted by Crippen LogP contribution is 2.28. The van der Waals surface area contributed by atoms with Crippen molar-refractivity contribution in [3.05, 3.63) is 23.8 Å². The molecule has 0 saturated carbocycles. The minimum absolute atomic E-state index is 0.0348. The molecule has 1 aromatic carbocycles. The molecule has 0 aromatic heterocycles. The standard InChI is InChI=1S/C13H18N2O3/c1-15-11(8-14)5-6-18-12-4-3-10(9-16)7-13(12)17-2/h3-4,7,11,15-16H,5-6,9H2,1-2H3. The summed E-state index contributed by atoms with van der Waals surface area (Å²) < 4.78 is 10.7. The normalized spacial score (nSPS) is 11.7. The van der Waals surface area contributed by atoms with Gasteiger partial charge in [-0.1, -0.05) is 6.07 Å². The number of hydrogen-bond acceptors (Lipinski definition) is 5. The van der Waals surface area contributed by atoms with Gasteiger partial charge in [-0.25, -0.2) is 0 Å². The number of hydrogen-bond donors (Lipinski definition) is 2. The van der Waals surface area contributed by atoms with Gasteiger partial charge in [-0.3, -0.25) is 0 Å². The quantitative estimate of drug-likeness (QED) is 0.757. The second-order valence-electron chi connectivity index (χ2n) is 3.75. The number of nitrogens with one attached hydrogen (secondary N) is 1. The van der Waals surface area contributed by atoms with Gasteiger partial charge in [-0.15, -0.1) is 0 Å². The number of methoxy groups -OCH3 is 1. The third-order valence-corrected chi connectivity index (χ3v) is 2.58. The van der Waals surface area contributed by atoms with E-state index in [0.717, 1.165) is 5.56 Å². The minimum atomic E-state index is -0.215. The van der Waals surface area contributed by atoms with Gasteiger partial charge in [0.2, 0.25) is 0 Å². The van der Waals surface area contributed by atoms with Crippen LogP contribution in [0.2, 0.25) is 0 Å². The molecule has 0 aliphatic heterocycles. The van der Waals surface area contributed by atoms with Gasteiger partial charge in [-0.05, 0) is 24.7 Å². The molecule has 0 aliphatic rings. The zero-order chi connectivity index (χ0) is 13.4. The fraction of sp³-hybridized carbons (Fsp3) is 0.462. The Labute approximate surface area is 107 Å². The van der Waals surface area contributed by atoms with Gasteiger partial charge in [0.25, 0.3) is 0 Å². The Balaban J connectivity index is 2.59. The summed E-state index contributed by atoms with van der Waals surface area (Å²) in [6, 6.07) is 7.18. The summed E-state index contributed by atoms with van der Waals surface area (Å²) in [4.78, 5) is 0. The SMILES string of the molecule is CNC(C#N)CCOc1ccc(CO)cc1OC. The minimum Gasteiger partial charge on any atom is -0.493 e. The summed E-state index contributed by atoms with van der Waals surface area (Å²) in [5, 5.41) is 20.7. The lowest BCUT2D eigenvalue weighted by Crippen LogP contribution is -2.25. The van der Waals surface area contributed by atoms with Crippen LogP contribution < -0.4 is 14.8 Å². The van der Waals surface area contributed by atoms with Crippen LogP contribution in [-0.4, -0.2) is 31.9 Å². The molecule has 5 heteroatoms. The fourth-order valence-electron chi connectivity index (χ4n) is 1.49. The third-order valence-electron chi connectivity index (χ3n) is 2.58. The zero-order valence-electron chi connectivity index (χ0n) is 10.6. The van der Waals surface area contributed by atoms with Crippen molar-refractivity contribution in [2.24, 2.45) is 0 Å². The van der Waals surface area contributed by atoms with Crippen LogP contribution in [0.25, 0.3) is 0 Å². The molecule has 18 heavy (non-hydrogen) atoms. The van der Waals surface area contributed by atoms with Gasteiger partial charge in [0.05, 0.1) is 32.4 Å². The van der Waals surface area contributed by atoms with Crippen LogP contribution in [0.15, 0.2) is 18.2 Å². The molecule has 1 unspecified atom stereocenters. The van der Waals surface area contributed by atoms with Gasteiger partial charge >= 0.3 is 0 Å². The maximum atomic E-state index is 9.02. The van der Waals surface area contributed by atoms with Gasteiger partial charge < -0.3 is 19.9 Å². The first-order chi connectivity index (χ1) is 8.74. The van der Waals surface area contributed by atoms with Crippen LogP contribution in [0.1, 0.15) is 12.0 Å². The van der Waals surface area contributed by atoms with Crippen molar-refractivity contribution in [1.29, 1.82) is 5.26 Å². The number of ether oxygens (including phenoxy) is 2. The molecule has 2 N–H and O–H groups in total. The number of rotatable bonds is 7. The summed E-state index contributed by atoms with van der Waals surface area (Å²) in [6.45, 7) is 0.390. The molecular formula is C13H18N2O3. The van der Waals surface area contributed by atoms with Crippen molar-refractivity contribution in [2.45, 2.75) is 19.1 Å². The van der Waals surface area contributed by atoms with E-state index in [4.69, 9.17) is 19.8 Å². The molecule has 0 aliphatic carbocycles. The van der Waals surface area contributed by atoms with E-state index in [1.807, 2.05) is 0 Å². The highest BCUT2D eigenvalue weighted by atomic mass is 16.5. The van der Waals surface area contributed by atoms with E-state index in [9.17, 15) is 0 Å². The molecule has 0 spiro atoms. The zero-order valence-corrected chi connectivity index (χ0v) is 10.6. The molecule has 1 aromatic rings. The van der Waals surface area contributed by atoms with Crippen LogP contribution >= 0.6 is 0 Å². The molecule has 1 rings (SSSR count). The van der Waals surface area contributed by atoms with Crippen molar-refractivity contribution in [1.82, 2.24) is 5.32 Å².